The normalized spacial score (nSPS) is 22.5. The Morgan fingerprint density at radius 3 is 1.98 bits per heavy atom. The summed E-state index contributed by atoms with van der Waals surface area (Å²) in [5.41, 5.74) is 20.6. The Morgan fingerprint density at radius 1 is 0.561 bits per heavy atom. The molecule has 1 saturated carbocycles. The Morgan fingerprint density at radius 2 is 1.26 bits per heavy atom. The molecule has 6 aromatic carbocycles. The lowest BCUT2D eigenvalue weighted by Crippen LogP contribution is -2.64. The molecule has 5 aliphatic rings. The molecule has 0 amide bonds. The average molecular weight is 901 g/mol. The predicted molar refractivity (Wildman–Crippen MR) is 291 cm³/mol. The molecule has 0 spiro atoms. The van der Waals surface area contributed by atoms with Crippen LogP contribution in [0.3, 0.4) is 0 Å². The van der Waals surface area contributed by atoms with Gasteiger partial charge in [0.2, 0.25) is 0 Å². The molecule has 0 N–H and O–H groups in total. The van der Waals surface area contributed by atoms with E-state index >= 15 is 0 Å². The summed E-state index contributed by atoms with van der Waals surface area (Å²) in [7, 11) is 0. The molecular weight excluding hydrogens is 836 g/mol. The van der Waals surface area contributed by atoms with Gasteiger partial charge in [0.1, 0.15) is 0 Å². The Labute approximate surface area is 401 Å². The van der Waals surface area contributed by atoms with Crippen molar-refractivity contribution in [2.24, 2.45) is 0 Å². The minimum Gasteiger partial charge on any atom is -0.375 e. The van der Waals surface area contributed by atoms with Gasteiger partial charge in [-0.25, -0.2) is 0 Å². The van der Waals surface area contributed by atoms with Crippen molar-refractivity contribution in [3.8, 4) is 11.1 Å². The number of rotatable bonds is 1. The zero-order chi connectivity index (χ0) is 46.0. The van der Waals surface area contributed by atoms with Gasteiger partial charge in [-0.3, -0.25) is 0 Å². The number of benzene rings is 6. The Kier molecular flexibility index (Phi) is 8.15. The highest BCUT2D eigenvalue weighted by Crippen LogP contribution is 2.64. The van der Waals surface area contributed by atoms with Crippen molar-refractivity contribution in [2.75, 3.05) is 9.71 Å². The number of anilines is 4. The van der Waals surface area contributed by atoms with Crippen LogP contribution in [0.5, 0.6) is 0 Å². The van der Waals surface area contributed by atoms with E-state index in [1.165, 1.54) is 140 Å². The summed E-state index contributed by atoms with van der Waals surface area (Å²) in [6.07, 6.45) is 7.39. The Balaban J connectivity index is 1.23. The molecule has 3 aliphatic heterocycles. The van der Waals surface area contributed by atoms with Crippen molar-refractivity contribution < 1.29 is 0 Å². The highest BCUT2D eigenvalue weighted by Gasteiger charge is 2.62. The van der Waals surface area contributed by atoms with Crippen LogP contribution in [-0.2, 0) is 27.1 Å². The SMILES string of the molecule is Cc1cc(C(C)(C)C)ccc1N1B2c3cc(C(C)(C)C)cc4c3N(c3cc5c(sc6ccccc65)c(c32)-c2ccc3c(sc5cc6c(cc53)C(C)(C)CCC6(C)C)c21)C1(C)CCCCC41C. The van der Waals surface area contributed by atoms with E-state index in [4.69, 9.17) is 0 Å². The van der Waals surface area contributed by atoms with Gasteiger partial charge in [-0.05, 0) is 136 Å². The van der Waals surface area contributed by atoms with Crippen LogP contribution in [0.2, 0.25) is 0 Å². The van der Waals surface area contributed by atoms with E-state index in [9.17, 15) is 0 Å². The van der Waals surface area contributed by atoms with Crippen LogP contribution in [0.1, 0.15) is 155 Å². The zero-order valence-corrected chi connectivity index (χ0v) is 43.2. The maximum Gasteiger partial charge on any atom is 0.333 e. The van der Waals surface area contributed by atoms with E-state index in [-0.39, 0.29) is 39.5 Å². The molecule has 8 aromatic rings. The number of aryl methyl sites for hydroxylation is 1. The topological polar surface area (TPSA) is 6.48 Å². The second-order valence-corrected chi connectivity index (χ2v) is 27.2. The standard InChI is InChI=1S/C61H65BN2S2/c1-34-28-35(56(2,3)4)20-23-46(34)64-52-39(22-21-38-40-31-42-43(33-49(40)66-55(38)52)59(10,11)27-26-58(42,8)9)50-51-47(32-41-37-18-14-15-19-48(37)65-54(41)50)63-53-44(60(12)24-16-17-25-61(60,63)13)29-36(57(5,6)7)30-45(53)62(51)64/h14-15,18-23,28-33H,16-17,24-27H2,1-13H3. The summed E-state index contributed by atoms with van der Waals surface area (Å²) in [6, 6.07) is 35.0. The highest BCUT2D eigenvalue weighted by molar-refractivity contribution is 7.27. The summed E-state index contributed by atoms with van der Waals surface area (Å²) in [5, 5.41) is 5.61. The fourth-order valence-corrected chi connectivity index (χ4v) is 16.5. The molecule has 0 radical (unpaired) electrons. The molecule has 13 rings (SSSR count). The molecule has 2 aromatic heterocycles. The zero-order valence-electron chi connectivity index (χ0n) is 41.6. The number of hydrogen-bond acceptors (Lipinski definition) is 4. The van der Waals surface area contributed by atoms with Gasteiger partial charge < -0.3 is 9.71 Å². The fourth-order valence-electron chi connectivity index (χ4n) is 14.0. The van der Waals surface area contributed by atoms with Crippen LogP contribution in [0, 0.1) is 6.92 Å². The van der Waals surface area contributed by atoms with Crippen molar-refractivity contribution in [1.82, 2.24) is 0 Å². The van der Waals surface area contributed by atoms with Gasteiger partial charge in [-0.15, -0.1) is 22.7 Å². The first-order valence-electron chi connectivity index (χ1n) is 25.0. The lowest BCUT2D eigenvalue weighted by molar-refractivity contribution is 0.195. The minimum absolute atomic E-state index is 0.0139. The van der Waals surface area contributed by atoms with Crippen molar-refractivity contribution in [2.45, 2.75) is 161 Å². The molecule has 2 nitrogen and oxygen atoms in total. The second kappa shape index (κ2) is 12.9. The van der Waals surface area contributed by atoms with Crippen molar-refractivity contribution in [1.29, 1.82) is 0 Å². The molecule has 0 bridgehead atoms. The van der Waals surface area contributed by atoms with Crippen molar-refractivity contribution in [3.63, 3.8) is 0 Å². The van der Waals surface area contributed by atoms with Crippen LogP contribution in [0.25, 0.3) is 51.5 Å². The number of thiophene rings is 2. The molecule has 2 unspecified atom stereocenters. The van der Waals surface area contributed by atoms with Crippen LogP contribution >= 0.6 is 22.7 Å². The largest absolute Gasteiger partial charge is 0.375 e. The Hall–Kier alpha value is -4.58. The lowest BCUT2D eigenvalue weighted by Gasteiger charge is -2.53. The molecule has 1 fully saturated rings. The third kappa shape index (κ3) is 5.20. The van der Waals surface area contributed by atoms with Gasteiger partial charge in [0, 0.05) is 69.2 Å². The van der Waals surface area contributed by atoms with E-state index in [0.717, 1.165) is 0 Å². The molecule has 334 valence electrons. The summed E-state index contributed by atoms with van der Waals surface area (Å²) < 4.78 is 5.65. The monoisotopic (exact) mass is 900 g/mol. The molecular formula is C61H65BN2S2. The van der Waals surface area contributed by atoms with Gasteiger partial charge in [0.25, 0.3) is 0 Å². The Bertz CT molecular complexity index is 3480. The number of nitrogens with zero attached hydrogens (tertiary/aromatic N) is 2. The van der Waals surface area contributed by atoms with Crippen LogP contribution < -0.4 is 20.6 Å². The van der Waals surface area contributed by atoms with Crippen molar-refractivity contribution in [3.05, 3.63) is 118 Å². The van der Waals surface area contributed by atoms with E-state index < -0.39 is 0 Å². The van der Waals surface area contributed by atoms with Gasteiger partial charge >= 0.3 is 6.85 Å². The quantitative estimate of drug-likeness (QED) is 0.152. The number of hydrogen-bond donors (Lipinski definition) is 0. The molecule has 66 heavy (non-hydrogen) atoms. The maximum atomic E-state index is 2.94. The summed E-state index contributed by atoms with van der Waals surface area (Å²) in [6.45, 7) is 32.0. The molecule has 0 saturated heterocycles. The molecule has 2 atom stereocenters. The smallest absolute Gasteiger partial charge is 0.333 e. The van der Waals surface area contributed by atoms with E-state index in [1.807, 2.05) is 11.3 Å². The minimum atomic E-state index is -0.0530. The van der Waals surface area contributed by atoms with Gasteiger partial charge in [-0.2, -0.15) is 0 Å². The van der Waals surface area contributed by atoms with Crippen LogP contribution in [-0.4, -0.2) is 12.4 Å². The van der Waals surface area contributed by atoms with Crippen LogP contribution in [0.15, 0.2) is 84.9 Å². The first kappa shape index (κ1) is 41.6. The number of fused-ring (bicyclic) bond motifs is 16. The maximum absolute atomic E-state index is 2.94. The first-order chi connectivity index (χ1) is 31.1. The third-order valence-corrected chi connectivity index (χ3v) is 20.6. The summed E-state index contributed by atoms with van der Waals surface area (Å²) >= 11 is 4.07. The van der Waals surface area contributed by atoms with Crippen LogP contribution in [0.4, 0.5) is 22.7 Å². The summed E-state index contributed by atoms with van der Waals surface area (Å²) in [5.74, 6) is 0. The van der Waals surface area contributed by atoms with Gasteiger partial charge in [0.05, 0.1) is 15.9 Å². The highest BCUT2D eigenvalue weighted by atomic mass is 32.1. The molecule has 2 aliphatic carbocycles. The third-order valence-electron chi connectivity index (χ3n) is 18.3. The summed E-state index contributed by atoms with van der Waals surface area (Å²) in [4.78, 5) is 5.83. The predicted octanol–water partition coefficient (Wildman–Crippen LogP) is 16.7. The van der Waals surface area contributed by atoms with E-state index in [1.54, 1.807) is 16.7 Å². The first-order valence-corrected chi connectivity index (χ1v) is 26.7. The molecule has 5 heterocycles. The van der Waals surface area contributed by atoms with Gasteiger partial charge in [0.15, 0.2) is 0 Å². The average Bonchev–Trinajstić information content (AvgIpc) is 3.89. The lowest BCUT2D eigenvalue weighted by atomic mass is 9.43. The van der Waals surface area contributed by atoms with E-state index in [0.29, 0.717) is 0 Å². The van der Waals surface area contributed by atoms with Gasteiger partial charge in [-0.1, -0.05) is 144 Å². The van der Waals surface area contributed by atoms with E-state index in [2.05, 4.69) is 196 Å². The molecule has 5 heteroatoms. The second-order valence-electron chi connectivity index (χ2n) is 25.1. The fraction of sp³-hybridized carbons (Fsp3) is 0.410. The van der Waals surface area contributed by atoms with Crippen molar-refractivity contribution >= 4 is 104 Å².